The third-order valence-corrected chi connectivity index (χ3v) is 2.34. The molecule has 0 aromatic carbocycles. The number of fused-ring (bicyclic) bond motifs is 3. The Bertz CT molecular complexity index is 574. The van der Waals surface area contributed by atoms with Crippen LogP contribution in [0.3, 0.4) is 0 Å². The number of pyridine rings is 1. The molecule has 0 saturated carbocycles. The van der Waals surface area contributed by atoms with Crippen molar-refractivity contribution >= 4 is 16.7 Å². The number of aryl methyl sites for hydroxylation is 1. The fraction of sp³-hybridized carbons (Fsp3) is 0.100. The maximum absolute atomic E-state index is 4.47. The van der Waals surface area contributed by atoms with Crippen LogP contribution in [0, 0.1) is 6.92 Å². The molecule has 0 atom stereocenters. The number of hydrogen-bond acceptors (Lipinski definition) is 1. The Balaban J connectivity index is 2.66. The van der Waals surface area contributed by atoms with Crippen LogP contribution in [0.5, 0.6) is 0 Å². The molecule has 3 aromatic rings. The SMILES string of the molecule is Cc1[nH]cc2nc3ccccn3c12. The lowest BCUT2D eigenvalue weighted by Gasteiger charge is -1.92. The molecule has 3 heterocycles. The highest BCUT2D eigenvalue weighted by atomic mass is 15.0. The predicted molar refractivity (Wildman–Crippen MR) is 51.8 cm³/mol. The van der Waals surface area contributed by atoms with Gasteiger partial charge in [0, 0.05) is 18.1 Å². The number of rotatable bonds is 0. The Labute approximate surface area is 75.0 Å². The third kappa shape index (κ3) is 0.758. The van der Waals surface area contributed by atoms with Crippen LogP contribution >= 0.6 is 0 Å². The summed E-state index contributed by atoms with van der Waals surface area (Å²) in [7, 11) is 0. The second-order valence-corrected chi connectivity index (χ2v) is 3.19. The molecule has 0 bridgehead atoms. The quantitative estimate of drug-likeness (QED) is 0.552. The number of nitrogens with zero attached hydrogens (tertiary/aromatic N) is 2. The second-order valence-electron chi connectivity index (χ2n) is 3.19. The molecule has 3 aromatic heterocycles. The summed E-state index contributed by atoms with van der Waals surface area (Å²) in [5, 5.41) is 0. The van der Waals surface area contributed by atoms with Gasteiger partial charge in [0.2, 0.25) is 0 Å². The van der Waals surface area contributed by atoms with Crippen LogP contribution in [-0.2, 0) is 0 Å². The molecule has 0 radical (unpaired) electrons. The summed E-state index contributed by atoms with van der Waals surface area (Å²) in [6.45, 7) is 2.06. The lowest BCUT2D eigenvalue weighted by atomic mass is 10.4. The molecule has 3 rings (SSSR count). The molecule has 0 spiro atoms. The van der Waals surface area contributed by atoms with E-state index < -0.39 is 0 Å². The second kappa shape index (κ2) is 2.13. The van der Waals surface area contributed by atoms with Crippen LogP contribution < -0.4 is 0 Å². The minimum atomic E-state index is 1.00. The number of H-pyrrole nitrogens is 1. The lowest BCUT2D eigenvalue weighted by Crippen LogP contribution is -1.83. The molecule has 0 unspecified atom stereocenters. The first-order chi connectivity index (χ1) is 6.36. The molecule has 0 saturated heterocycles. The van der Waals surface area contributed by atoms with Crippen molar-refractivity contribution in [3.8, 4) is 0 Å². The van der Waals surface area contributed by atoms with Crippen LogP contribution in [0.2, 0.25) is 0 Å². The van der Waals surface area contributed by atoms with Gasteiger partial charge in [0.15, 0.2) is 0 Å². The van der Waals surface area contributed by atoms with Crippen molar-refractivity contribution in [1.82, 2.24) is 14.4 Å². The van der Waals surface area contributed by atoms with Crippen molar-refractivity contribution in [3.05, 3.63) is 36.3 Å². The summed E-state index contributed by atoms with van der Waals surface area (Å²) >= 11 is 0. The zero-order chi connectivity index (χ0) is 8.84. The highest BCUT2D eigenvalue weighted by Crippen LogP contribution is 2.18. The number of imidazole rings is 1. The zero-order valence-electron chi connectivity index (χ0n) is 7.28. The highest BCUT2D eigenvalue weighted by Gasteiger charge is 2.06. The van der Waals surface area contributed by atoms with Crippen molar-refractivity contribution < 1.29 is 0 Å². The number of aromatic nitrogens is 3. The van der Waals surface area contributed by atoms with Crippen LogP contribution in [0.25, 0.3) is 16.7 Å². The van der Waals surface area contributed by atoms with Gasteiger partial charge in [0.25, 0.3) is 0 Å². The van der Waals surface area contributed by atoms with Gasteiger partial charge in [-0.25, -0.2) is 4.98 Å². The van der Waals surface area contributed by atoms with Crippen molar-refractivity contribution in [2.24, 2.45) is 0 Å². The normalized spacial score (nSPS) is 11.5. The van der Waals surface area contributed by atoms with Crippen molar-refractivity contribution in [2.45, 2.75) is 6.92 Å². The summed E-state index contributed by atoms with van der Waals surface area (Å²) in [4.78, 5) is 7.63. The minimum Gasteiger partial charge on any atom is -0.362 e. The average Bonchev–Trinajstić information content (AvgIpc) is 2.66. The maximum Gasteiger partial charge on any atom is 0.138 e. The number of hydrogen-bond donors (Lipinski definition) is 1. The molecule has 0 amide bonds. The third-order valence-electron chi connectivity index (χ3n) is 2.34. The molecule has 0 fully saturated rings. The molecule has 13 heavy (non-hydrogen) atoms. The maximum atomic E-state index is 4.47. The van der Waals surface area contributed by atoms with E-state index in [0.717, 1.165) is 16.9 Å². The van der Waals surface area contributed by atoms with Crippen LogP contribution in [0.4, 0.5) is 0 Å². The van der Waals surface area contributed by atoms with E-state index in [-0.39, 0.29) is 0 Å². The van der Waals surface area contributed by atoms with Crippen LogP contribution in [0.15, 0.2) is 30.6 Å². The summed E-state index contributed by atoms with van der Waals surface area (Å²) in [5.41, 5.74) is 4.37. The average molecular weight is 171 g/mol. The van der Waals surface area contributed by atoms with Gasteiger partial charge in [-0.15, -0.1) is 0 Å². The van der Waals surface area contributed by atoms with E-state index in [1.165, 1.54) is 5.52 Å². The largest absolute Gasteiger partial charge is 0.362 e. The van der Waals surface area contributed by atoms with Gasteiger partial charge < -0.3 is 4.98 Å². The lowest BCUT2D eigenvalue weighted by molar-refractivity contribution is 1.18. The topological polar surface area (TPSA) is 33.1 Å². The Hall–Kier alpha value is -1.77. The van der Waals surface area contributed by atoms with Gasteiger partial charge in [-0.1, -0.05) is 6.07 Å². The molecule has 0 aliphatic rings. The first-order valence-electron chi connectivity index (χ1n) is 4.27. The molecular formula is C10H9N3. The van der Waals surface area contributed by atoms with Gasteiger partial charge >= 0.3 is 0 Å². The zero-order valence-corrected chi connectivity index (χ0v) is 7.28. The molecule has 0 aliphatic carbocycles. The Morgan fingerprint density at radius 1 is 1.38 bits per heavy atom. The van der Waals surface area contributed by atoms with E-state index in [1.54, 1.807) is 0 Å². The molecule has 3 nitrogen and oxygen atoms in total. The highest BCUT2D eigenvalue weighted by molar-refractivity contribution is 5.82. The van der Waals surface area contributed by atoms with Gasteiger partial charge in [0.05, 0.1) is 5.52 Å². The Kier molecular flexibility index (Phi) is 1.10. The van der Waals surface area contributed by atoms with Gasteiger partial charge in [-0.05, 0) is 19.1 Å². The predicted octanol–water partition coefficient (Wildman–Crippen LogP) is 2.12. The van der Waals surface area contributed by atoms with Gasteiger partial charge in [-0.3, -0.25) is 4.40 Å². The molecule has 3 heteroatoms. The van der Waals surface area contributed by atoms with Gasteiger partial charge in [0.1, 0.15) is 11.2 Å². The standard InChI is InChI=1S/C10H9N3/c1-7-10-8(6-11-7)12-9-4-2-3-5-13(9)10/h2-6,11H,1H3. The first kappa shape index (κ1) is 6.71. The van der Waals surface area contributed by atoms with E-state index >= 15 is 0 Å². The molecule has 1 N–H and O–H groups in total. The monoisotopic (exact) mass is 171 g/mol. The van der Waals surface area contributed by atoms with Crippen molar-refractivity contribution in [2.75, 3.05) is 0 Å². The Morgan fingerprint density at radius 3 is 3.23 bits per heavy atom. The fourth-order valence-corrected chi connectivity index (χ4v) is 1.73. The number of nitrogens with one attached hydrogen (secondary N) is 1. The van der Waals surface area contributed by atoms with E-state index in [0.29, 0.717) is 0 Å². The summed E-state index contributed by atoms with van der Waals surface area (Å²) in [6, 6.07) is 6.03. The van der Waals surface area contributed by atoms with E-state index in [1.807, 2.05) is 30.6 Å². The van der Waals surface area contributed by atoms with E-state index in [2.05, 4.69) is 21.3 Å². The smallest absolute Gasteiger partial charge is 0.138 e. The first-order valence-corrected chi connectivity index (χ1v) is 4.27. The molecule has 64 valence electrons. The molecular weight excluding hydrogens is 162 g/mol. The van der Waals surface area contributed by atoms with Gasteiger partial charge in [-0.2, -0.15) is 0 Å². The fourth-order valence-electron chi connectivity index (χ4n) is 1.73. The summed E-state index contributed by atoms with van der Waals surface area (Å²) < 4.78 is 2.10. The van der Waals surface area contributed by atoms with Crippen molar-refractivity contribution in [1.29, 1.82) is 0 Å². The van der Waals surface area contributed by atoms with Crippen LogP contribution in [-0.4, -0.2) is 14.4 Å². The van der Waals surface area contributed by atoms with Crippen LogP contribution in [0.1, 0.15) is 5.69 Å². The summed E-state index contributed by atoms with van der Waals surface area (Å²) in [5.74, 6) is 0. The minimum absolute atomic E-state index is 1.00. The van der Waals surface area contributed by atoms with E-state index in [4.69, 9.17) is 0 Å². The molecule has 0 aliphatic heterocycles. The summed E-state index contributed by atoms with van der Waals surface area (Å²) in [6.07, 6.45) is 3.98. The van der Waals surface area contributed by atoms with Crippen molar-refractivity contribution in [3.63, 3.8) is 0 Å². The number of aromatic amines is 1. The van der Waals surface area contributed by atoms with E-state index in [9.17, 15) is 0 Å². The Morgan fingerprint density at radius 2 is 2.31 bits per heavy atom.